The van der Waals surface area contributed by atoms with Crippen LogP contribution in [0.5, 0.6) is 0 Å². The fraction of sp³-hybridized carbons (Fsp3) is 0.629. The summed E-state index contributed by atoms with van der Waals surface area (Å²) in [5.74, 6) is -3.51. The maximum absolute atomic E-state index is 14.7. The van der Waals surface area contributed by atoms with Gasteiger partial charge >= 0.3 is 11.9 Å². The number of carbonyl (C=O) groups excluding carboxylic acids is 3. The summed E-state index contributed by atoms with van der Waals surface area (Å²) in [6.45, 7) is 9.36. The molecular weight excluding hydrogens is 588 g/mol. The minimum absolute atomic E-state index is 0.0762. The van der Waals surface area contributed by atoms with Gasteiger partial charge in [-0.2, -0.15) is 0 Å². The number of aliphatic hydroxyl groups excluding tert-OH is 1. The number of esters is 2. The fourth-order valence-electron chi connectivity index (χ4n) is 10.9. The second kappa shape index (κ2) is 10.7. The number of carbonyl (C=O) groups is 3. The topological polar surface area (TPSA) is 146 Å². The summed E-state index contributed by atoms with van der Waals surface area (Å²) in [5.41, 5.74) is -0.737. The number of Topliss-reactive ketones (excluding diaryl/α,β-unsaturated/α-hetero) is 1. The van der Waals surface area contributed by atoms with Crippen molar-refractivity contribution >= 4 is 17.7 Å². The molecule has 2 unspecified atom stereocenters. The first-order valence-corrected chi connectivity index (χ1v) is 16.7. The minimum Gasteiger partial charge on any atom is -0.461 e. The van der Waals surface area contributed by atoms with Gasteiger partial charge in [-0.3, -0.25) is 14.4 Å². The molecule has 244 valence electrons. The first-order valence-electron chi connectivity index (χ1n) is 16.7. The highest BCUT2D eigenvalue weighted by atomic mass is 16.6. The van der Waals surface area contributed by atoms with Gasteiger partial charge in [-0.1, -0.05) is 24.3 Å². The van der Waals surface area contributed by atoms with E-state index < -0.39 is 47.6 Å². The van der Waals surface area contributed by atoms with E-state index in [2.05, 4.69) is 23.1 Å². The molecule has 2 aromatic heterocycles. The molecule has 0 aromatic carbocycles. The average Bonchev–Trinajstić information content (AvgIpc) is 3.86. The van der Waals surface area contributed by atoms with Crippen molar-refractivity contribution in [3.8, 4) is 0 Å². The number of fused-ring (bicyclic) bond motifs is 8. The quantitative estimate of drug-likeness (QED) is 0.376. The number of hydrogen-bond donors (Lipinski definition) is 2. The highest BCUT2D eigenvalue weighted by molar-refractivity contribution is 5.90. The highest BCUT2D eigenvalue weighted by Crippen LogP contribution is 2.68. The molecule has 0 bridgehead atoms. The normalized spacial score (nSPS) is 43.4. The Kier molecular flexibility index (Phi) is 6.96. The van der Waals surface area contributed by atoms with Gasteiger partial charge in [0.15, 0.2) is 0 Å². The molecule has 11 nitrogen and oxygen atoms in total. The molecular formula is C35H42N4O7. The summed E-state index contributed by atoms with van der Waals surface area (Å²) < 4.78 is 16.3. The first kappa shape index (κ1) is 29.8. The van der Waals surface area contributed by atoms with Crippen molar-refractivity contribution in [3.05, 3.63) is 61.7 Å². The molecule has 4 heterocycles. The van der Waals surface area contributed by atoms with Gasteiger partial charge in [0.2, 0.25) is 0 Å². The van der Waals surface area contributed by atoms with Crippen LogP contribution in [0, 0.1) is 52.8 Å². The number of imidazole rings is 2. The number of ketones is 1. The zero-order valence-corrected chi connectivity index (χ0v) is 25.9. The van der Waals surface area contributed by atoms with Gasteiger partial charge in [0.05, 0.1) is 36.7 Å². The Bertz CT molecular complexity index is 1570. The molecule has 2 aliphatic heterocycles. The van der Waals surface area contributed by atoms with Crippen LogP contribution in [0.25, 0.3) is 0 Å². The van der Waals surface area contributed by atoms with Crippen molar-refractivity contribution in [2.75, 3.05) is 6.61 Å². The predicted octanol–water partition coefficient (Wildman–Crippen LogP) is 2.74. The van der Waals surface area contributed by atoms with Crippen LogP contribution in [0.1, 0.15) is 44.9 Å². The lowest BCUT2D eigenvalue weighted by Crippen LogP contribution is -2.63. The number of aliphatic hydroxyl groups is 2. The molecule has 2 N–H and O–H groups in total. The molecule has 6 fully saturated rings. The smallest absolute Gasteiger partial charge is 0.311 e. The van der Waals surface area contributed by atoms with Crippen LogP contribution in [0.4, 0.5) is 0 Å². The van der Waals surface area contributed by atoms with E-state index in [9.17, 15) is 24.6 Å². The van der Waals surface area contributed by atoms with Crippen molar-refractivity contribution in [1.29, 1.82) is 0 Å². The molecule has 1 spiro atoms. The van der Waals surface area contributed by atoms with E-state index in [0.717, 1.165) is 17.6 Å². The number of allylic oxidation sites excluding steroid dienone is 2. The van der Waals surface area contributed by atoms with Gasteiger partial charge in [0.25, 0.3) is 0 Å². The minimum atomic E-state index is -1.58. The molecule has 12 atom stereocenters. The second-order valence-corrected chi connectivity index (χ2v) is 14.8. The Hall–Kier alpha value is -3.57. The average molecular weight is 631 g/mol. The summed E-state index contributed by atoms with van der Waals surface area (Å²) >= 11 is 0. The number of nitrogens with zero attached hydrogens (tertiary/aromatic N) is 4. The van der Waals surface area contributed by atoms with Gasteiger partial charge in [-0.05, 0) is 44.4 Å². The third kappa shape index (κ3) is 4.19. The van der Waals surface area contributed by atoms with Crippen LogP contribution in [0.3, 0.4) is 0 Å². The molecule has 4 aliphatic carbocycles. The van der Waals surface area contributed by atoms with E-state index in [-0.39, 0.29) is 53.7 Å². The maximum atomic E-state index is 14.7. The molecule has 4 saturated carbocycles. The van der Waals surface area contributed by atoms with Gasteiger partial charge in [-0.15, -0.1) is 0 Å². The zero-order chi connectivity index (χ0) is 32.0. The maximum Gasteiger partial charge on any atom is 0.311 e. The van der Waals surface area contributed by atoms with Crippen LogP contribution >= 0.6 is 0 Å². The van der Waals surface area contributed by atoms with E-state index in [1.54, 1.807) is 25.0 Å². The largest absolute Gasteiger partial charge is 0.461 e. The van der Waals surface area contributed by atoms with Crippen LogP contribution in [-0.2, 0) is 36.9 Å². The van der Waals surface area contributed by atoms with Crippen molar-refractivity contribution < 1.29 is 34.1 Å². The van der Waals surface area contributed by atoms with E-state index in [1.807, 2.05) is 21.5 Å². The fourth-order valence-corrected chi connectivity index (χ4v) is 10.9. The monoisotopic (exact) mass is 630 g/mol. The lowest BCUT2D eigenvalue weighted by atomic mass is 9.48. The molecule has 0 radical (unpaired) electrons. The summed E-state index contributed by atoms with van der Waals surface area (Å²) in [4.78, 5) is 50.1. The molecule has 6 aliphatic rings. The standard InChI is InChI=1S/C35H42N4O7/c1-19-3-5-21-24(14-38-11-9-36-17-38)32(42)45-30(21)28-23(19)13-26(41)35(28)8-7-34(44,16-40)29-27(35)20(2)4-6-22-25(33(43)46-31(22)29)15-39-12-10-37-18-39/h9-12,17-18,21-25,27-31,40,44H,1-8,13-16H2/t21-,22-,23-,24?,25?,27-,28-,29-,30-,31-,34+,35-/m0/s1. The summed E-state index contributed by atoms with van der Waals surface area (Å²) in [5, 5.41) is 23.0. The Morgan fingerprint density at radius 2 is 1.41 bits per heavy atom. The Labute approximate surface area is 267 Å². The number of aromatic nitrogens is 4. The van der Waals surface area contributed by atoms with Crippen molar-refractivity contribution in [2.24, 2.45) is 52.8 Å². The van der Waals surface area contributed by atoms with E-state index in [0.29, 0.717) is 45.2 Å². The molecule has 2 saturated heterocycles. The third-order valence-electron chi connectivity index (χ3n) is 12.9. The predicted molar refractivity (Wildman–Crippen MR) is 162 cm³/mol. The van der Waals surface area contributed by atoms with E-state index in [1.165, 1.54) is 0 Å². The van der Waals surface area contributed by atoms with Crippen molar-refractivity contribution in [2.45, 2.75) is 75.8 Å². The Balaban J connectivity index is 1.22. The van der Waals surface area contributed by atoms with Crippen molar-refractivity contribution in [1.82, 2.24) is 19.1 Å². The van der Waals surface area contributed by atoms with E-state index >= 15 is 0 Å². The third-order valence-corrected chi connectivity index (χ3v) is 12.9. The lowest BCUT2D eigenvalue weighted by molar-refractivity contribution is -0.196. The van der Waals surface area contributed by atoms with Crippen LogP contribution in [-0.4, -0.2) is 71.5 Å². The van der Waals surface area contributed by atoms with Crippen LogP contribution < -0.4 is 0 Å². The lowest BCUT2D eigenvalue weighted by Gasteiger charge is -2.57. The molecule has 0 amide bonds. The molecule has 11 heteroatoms. The zero-order valence-electron chi connectivity index (χ0n) is 25.9. The molecule has 2 aromatic rings. The van der Waals surface area contributed by atoms with Gasteiger partial charge in [0.1, 0.15) is 18.0 Å². The van der Waals surface area contributed by atoms with Gasteiger partial charge in [0, 0.05) is 79.3 Å². The van der Waals surface area contributed by atoms with Gasteiger partial charge in [-0.25, -0.2) is 9.97 Å². The summed E-state index contributed by atoms with van der Waals surface area (Å²) in [6.07, 6.45) is 12.6. The summed E-state index contributed by atoms with van der Waals surface area (Å²) in [7, 11) is 0. The number of ether oxygens (including phenoxy) is 2. The molecule has 8 rings (SSSR count). The van der Waals surface area contributed by atoms with E-state index in [4.69, 9.17) is 9.47 Å². The Morgan fingerprint density at radius 3 is 1.96 bits per heavy atom. The SMILES string of the molecule is C=C1CC[C@H]2C(Cn3ccnc3)C(=O)O[C@@H]2[C@@H]2[C@H]1CC(=O)[C@]21CC[C@@](O)(CO)[C@@H]2[C@H]3OC(=O)C(Cn4ccnc4)[C@@H]3CCC(=C)[C@@H]21. The first-order chi connectivity index (χ1) is 22.2. The van der Waals surface area contributed by atoms with Crippen LogP contribution in [0.2, 0.25) is 0 Å². The van der Waals surface area contributed by atoms with Crippen LogP contribution in [0.15, 0.2) is 61.7 Å². The highest BCUT2D eigenvalue weighted by Gasteiger charge is 2.73. The summed E-state index contributed by atoms with van der Waals surface area (Å²) in [6, 6.07) is 0. The Morgan fingerprint density at radius 1 is 0.848 bits per heavy atom. The number of hydrogen-bond acceptors (Lipinski definition) is 9. The van der Waals surface area contributed by atoms with Gasteiger partial charge < -0.3 is 28.8 Å². The number of rotatable bonds is 5. The molecule has 46 heavy (non-hydrogen) atoms. The van der Waals surface area contributed by atoms with Crippen molar-refractivity contribution in [3.63, 3.8) is 0 Å². The second-order valence-electron chi connectivity index (χ2n) is 14.8.